The lowest BCUT2D eigenvalue weighted by Crippen LogP contribution is -2.49. The van der Waals surface area contributed by atoms with Crippen molar-refractivity contribution in [1.29, 1.82) is 0 Å². The van der Waals surface area contributed by atoms with Gasteiger partial charge < -0.3 is 19.4 Å². The zero-order valence-electron chi connectivity index (χ0n) is 15.8. The Kier molecular flexibility index (Phi) is 6.16. The van der Waals surface area contributed by atoms with Crippen molar-refractivity contribution in [1.82, 2.24) is 4.90 Å². The standard InChI is InChI=1S/C21H26N2O4/c1-15-7-5-8-16(2)23(15)20(24)14-27-21(25)18-10-3-4-11-19(18)22-13-17-9-6-12-26-17/h3-4,6,9-12,15-16,22H,5,7-8,13-14H2,1-2H3/t15-,16+. The summed E-state index contributed by atoms with van der Waals surface area (Å²) in [6, 6.07) is 11.1. The Hall–Kier alpha value is -2.76. The Morgan fingerprint density at radius 2 is 1.89 bits per heavy atom. The second kappa shape index (κ2) is 8.75. The van der Waals surface area contributed by atoms with Gasteiger partial charge in [-0.05, 0) is 57.4 Å². The molecule has 1 aromatic carbocycles. The number of rotatable bonds is 6. The smallest absolute Gasteiger partial charge is 0.340 e. The molecule has 0 bridgehead atoms. The molecule has 27 heavy (non-hydrogen) atoms. The molecule has 1 saturated heterocycles. The molecule has 0 saturated carbocycles. The van der Waals surface area contributed by atoms with Crippen LogP contribution in [0.3, 0.4) is 0 Å². The molecule has 1 aromatic heterocycles. The van der Waals surface area contributed by atoms with Crippen molar-refractivity contribution in [3.8, 4) is 0 Å². The Labute approximate surface area is 159 Å². The molecule has 2 aromatic rings. The second-order valence-electron chi connectivity index (χ2n) is 6.98. The van der Waals surface area contributed by atoms with Crippen molar-refractivity contribution >= 4 is 17.6 Å². The molecule has 2 heterocycles. The molecule has 0 spiro atoms. The van der Waals surface area contributed by atoms with Crippen LogP contribution in [0.15, 0.2) is 47.1 Å². The van der Waals surface area contributed by atoms with E-state index >= 15 is 0 Å². The molecule has 3 rings (SSSR count). The SMILES string of the molecule is C[C@@H]1CCC[C@H](C)N1C(=O)COC(=O)c1ccccc1NCc1ccco1. The Bertz CT molecular complexity index is 762. The number of likely N-dealkylation sites (tertiary alicyclic amines) is 1. The molecule has 1 fully saturated rings. The molecule has 144 valence electrons. The predicted octanol–water partition coefficient (Wildman–Crippen LogP) is 3.84. The van der Waals surface area contributed by atoms with Crippen molar-refractivity contribution in [2.75, 3.05) is 11.9 Å². The van der Waals surface area contributed by atoms with Crippen LogP contribution >= 0.6 is 0 Å². The van der Waals surface area contributed by atoms with Crippen LogP contribution in [0, 0.1) is 0 Å². The summed E-state index contributed by atoms with van der Waals surface area (Å²) in [6.07, 6.45) is 4.71. The highest BCUT2D eigenvalue weighted by atomic mass is 16.5. The van der Waals surface area contributed by atoms with Gasteiger partial charge >= 0.3 is 5.97 Å². The zero-order chi connectivity index (χ0) is 19.2. The predicted molar refractivity (Wildman–Crippen MR) is 102 cm³/mol. The molecular weight excluding hydrogens is 344 g/mol. The van der Waals surface area contributed by atoms with Gasteiger partial charge in [0.2, 0.25) is 0 Å². The van der Waals surface area contributed by atoms with Crippen LogP contribution in [0.25, 0.3) is 0 Å². The van der Waals surface area contributed by atoms with Crippen LogP contribution in [-0.2, 0) is 16.1 Å². The molecule has 1 amide bonds. The van der Waals surface area contributed by atoms with Crippen molar-refractivity contribution in [3.63, 3.8) is 0 Å². The topological polar surface area (TPSA) is 71.8 Å². The number of amides is 1. The number of carbonyl (C=O) groups excluding carboxylic acids is 2. The van der Waals surface area contributed by atoms with Gasteiger partial charge in [0.25, 0.3) is 5.91 Å². The van der Waals surface area contributed by atoms with Gasteiger partial charge in [-0.15, -0.1) is 0 Å². The quantitative estimate of drug-likeness (QED) is 0.782. The third-order valence-electron chi connectivity index (χ3n) is 4.99. The zero-order valence-corrected chi connectivity index (χ0v) is 15.8. The molecule has 1 aliphatic heterocycles. The van der Waals surface area contributed by atoms with Gasteiger partial charge in [0, 0.05) is 17.8 Å². The summed E-state index contributed by atoms with van der Waals surface area (Å²) in [6.45, 7) is 4.31. The average Bonchev–Trinajstić information content (AvgIpc) is 3.18. The van der Waals surface area contributed by atoms with Crippen molar-refractivity contribution in [2.45, 2.75) is 51.7 Å². The number of piperidine rings is 1. The van der Waals surface area contributed by atoms with Crippen LogP contribution in [-0.4, -0.2) is 35.5 Å². The number of nitrogens with zero attached hydrogens (tertiary/aromatic N) is 1. The summed E-state index contributed by atoms with van der Waals surface area (Å²) in [5.74, 6) is 0.119. The Morgan fingerprint density at radius 3 is 2.59 bits per heavy atom. The number of carbonyl (C=O) groups is 2. The van der Waals surface area contributed by atoms with E-state index in [1.54, 1.807) is 24.5 Å². The molecule has 6 nitrogen and oxygen atoms in total. The minimum atomic E-state index is -0.511. The Morgan fingerprint density at radius 1 is 1.15 bits per heavy atom. The number of hydrogen-bond donors (Lipinski definition) is 1. The molecule has 0 aliphatic carbocycles. The largest absolute Gasteiger partial charge is 0.467 e. The minimum Gasteiger partial charge on any atom is -0.467 e. The fraction of sp³-hybridized carbons (Fsp3) is 0.429. The van der Waals surface area contributed by atoms with Gasteiger partial charge in [0.1, 0.15) is 5.76 Å². The molecule has 6 heteroatoms. The summed E-state index contributed by atoms with van der Waals surface area (Å²) in [5, 5.41) is 3.17. The van der Waals surface area contributed by atoms with Crippen molar-refractivity contribution in [3.05, 3.63) is 54.0 Å². The number of furan rings is 1. The van der Waals surface area contributed by atoms with E-state index in [0.29, 0.717) is 17.8 Å². The van der Waals surface area contributed by atoms with E-state index in [-0.39, 0.29) is 24.6 Å². The first kappa shape index (κ1) is 19.0. The monoisotopic (exact) mass is 370 g/mol. The van der Waals surface area contributed by atoms with E-state index in [1.165, 1.54) is 0 Å². The first-order valence-electron chi connectivity index (χ1n) is 9.40. The average molecular weight is 370 g/mol. The molecule has 0 radical (unpaired) electrons. The summed E-state index contributed by atoms with van der Waals surface area (Å²) in [4.78, 5) is 26.9. The number of anilines is 1. The van der Waals surface area contributed by atoms with E-state index < -0.39 is 5.97 Å². The second-order valence-corrected chi connectivity index (χ2v) is 6.98. The molecule has 2 atom stereocenters. The number of ether oxygens (including phenoxy) is 1. The summed E-state index contributed by atoms with van der Waals surface area (Å²) >= 11 is 0. The number of esters is 1. The van der Waals surface area contributed by atoms with Crippen LogP contribution in [0.2, 0.25) is 0 Å². The van der Waals surface area contributed by atoms with Crippen molar-refractivity contribution in [2.24, 2.45) is 0 Å². The summed E-state index contributed by atoms with van der Waals surface area (Å²) in [7, 11) is 0. The van der Waals surface area contributed by atoms with E-state index in [9.17, 15) is 9.59 Å². The highest BCUT2D eigenvalue weighted by molar-refractivity contribution is 5.96. The lowest BCUT2D eigenvalue weighted by atomic mass is 9.97. The number of nitrogens with one attached hydrogen (secondary N) is 1. The third-order valence-corrected chi connectivity index (χ3v) is 4.99. The number of benzene rings is 1. The van der Waals surface area contributed by atoms with Gasteiger partial charge in [-0.1, -0.05) is 12.1 Å². The number of para-hydroxylation sites is 1. The highest BCUT2D eigenvalue weighted by Crippen LogP contribution is 2.23. The summed E-state index contributed by atoms with van der Waals surface area (Å²) in [5.41, 5.74) is 1.04. The van der Waals surface area contributed by atoms with Gasteiger partial charge in [0.05, 0.1) is 18.4 Å². The maximum absolute atomic E-state index is 12.5. The Balaban J connectivity index is 1.60. The normalized spacial score (nSPS) is 19.6. The van der Waals surface area contributed by atoms with Crippen molar-refractivity contribution < 1.29 is 18.7 Å². The van der Waals surface area contributed by atoms with E-state index in [0.717, 1.165) is 25.0 Å². The van der Waals surface area contributed by atoms with Gasteiger partial charge in [0.15, 0.2) is 6.61 Å². The molecule has 1 N–H and O–H groups in total. The van der Waals surface area contributed by atoms with Crippen LogP contribution in [0.1, 0.15) is 49.2 Å². The van der Waals surface area contributed by atoms with Gasteiger partial charge in [-0.2, -0.15) is 0 Å². The lowest BCUT2D eigenvalue weighted by molar-refractivity contribution is -0.140. The first-order valence-corrected chi connectivity index (χ1v) is 9.40. The van der Waals surface area contributed by atoms with Gasteiger partial charge in [-0.3, -0.25) is 4.79 Å². The van der Waals surface area contributed by atoms with E-state index in [2.05, 4.69) is 5.32 Å². The fourth-order valence-corrected chi connectivity index (χ4v) is 3.60. The lowest BCUT2D eigenvalue weighted by Gasteiger charge is -2.38. The third kappa shape index (κ3) is 4.70. The first-order chi connectivity index (χ1) is 13.1. The highest BCUT2D eigenvalue weighted by Gasteiger charge is 2.29. The van der Waals surface area contributed by atoms with E-state index in [4.69, 9.17) is 9.15 Å². The van der Waals surface area contributed by atoms with E-state index in [1.807, 2.05) is 36.9 Å². The summed E-state index contributed by atoms with van der Waals surface area (Å²) < 4.78 is 10.6. The fourth-order valence-electron chi connectivity index (χ4n) is 3.60. The maximum Gasteiger partial charge on any atom is 0.340 e. The minimum absolute atomic E-state index is 0.135. The maximum atomic E-state index is 12.5. The van der Waals surface area contributed by atoms with Crippen LogP contribution in [0.5, 0.6) is 0 Å². The molecule has 0 unspecified atom stereocenters. The van der Waals surface area contributed by atoms with Gasteiger partial charge in [-0.25, -0.2) is 4.79 Å². The molecular formula is C21H26N2O4. The van der Waals surface area contributed by atoms with Crippen LogP contribution < -0.4 is 5.32 Å². The van der Waals surface area contributed by atoms with Crippen LogP contribution in [0.4, 0.5) is 5.69 Å². The number of hydrogen-bond acceptors (Lipinski definition) is 5. The molecule has 1 aliphatic rings.